The molecule has 1 fully saturated rings. The zero-order chi connectivity index (χ0) is 18.7. The van der Waals surface area contributed by atoms with Crippen LogP contribution >= 0.6 is 0 Å². The van der Waals surface area contributed by atoms with Gasteiger partial charge in [0.05, 0.1) is 13.0 Å². The first-order valence-corrected chi connectivity index (χ1v) is 8.78. The summed E-state index contributed by atoms with van der Waals surface area (Å²) >= 11 is 0. The molecule has 0 aliphatic carbocycles. The Morgan fingerprint density at radius 2 is 1.73 bits per heavy atom. The summed E-state index contributed by atoms with van der Waals surface area (Å²) in [6.07, 6.45) is 0.187. The molecule has 0 N–H and O–H groups in total. The van der Waals surface area contributed by atoms with Crippen LogP contribution in [0.4, 0.5) is 4.39 Å². The van der Waals surface area contributed by atoms with Crippen molar-refractivity contribution in [3.63, 3.8) is 0 Å². The third-order valence-electron chi connectivity index (χ3n) is 4.74. The van der Waals surface area contributed by atoms with Gasteiger partial charge in [-0.2, -0.15) is 0 Å². The summed E-state index contributed by atoms with van der Waals surface area (Å²) in [7, 11) is 0. The van der Waals surface area contributed by atoms with Gasteiger partial charge in [0, 0.05) is 19.6 Å². The first-order chi connectivity index (χ1) is 12.4. The van der Waals surface area contributed by atoms with E-state index in [1.807, 2.05) is 31.2 Å². The Kier molecular flexibility index (Phi) is 5.35. The fraction of sp³-hybridized carbons (Fsp3) is 0.333. The van der Waals surface area contributed by atoms with Gasteiger partial charge in [-0.3, -0.25) is 9.59 Å². The molecule has 5 heteroatoms. The Morgan fingerprint density at radius 1 is 1.04 bits per heavy atom. The molecule has 0 spiro atoms. The lowest BCUT2D eigenvalue weighted by Crippen LogP contribution is -2.52. The zero-order valence-electron chi connectivity index (χ0n) is 15.2. The number of carbonyl (C=O) groups is 2. The number of nitrogens with zero attached hydrogens (tertiary/aromatic N) is 2. The van der Waals surface area contributed by atoms with Gasteiger partial charge in [0.2, 0.25) is 11.8 Å². The minimum Gasteiger partial charge on any atom is -0.335 e. The molecule has 0 saturated carbocycles. The molecule has 4 nitrogen and oxygen atoms in total. The lowest BCUT2D eigenvalue weighted by molar-refractivity contribution is -0.145. The number of rotatable bonds is 4. The molecule has 1 heterocycles. The average Bonchev–Trinajstić information content (AvgIpc) is 2.61. The topological polar surface area (TPSA) is 40.6 Å². The molecular weight excluding hydrogens is 331 g/mol. The van der Waals surface area contributed by atoms with Crippen LogP contribution in [-0.2, 0) is 22.6 Å². The molecule has 136 valence electrons. The normalized spacial score (nSPS) is 14.7. The molecule has 2 amide bonds. The summed E-state index contributed by atoms with van der Waals surface area (Å²) in [5.74, 6) is -0.416. The third kappa shape index (κ3) is 4.28. The van der Waals surface area contributed by atoms with Gasteiger partial charge in [-0.1, -0.05) is 42.0 Å². The van der Waals surface area contributed by atoms with E-state index in [-0.39, 0.29) is 30.6 Å². The van der Waals surface area contributed by atoms with E-state index in [0.29, 0.717) is 25.2 Å². The van der Waals surface area contributed by atoms with Gasteiger partial charge in [0.1, 0.15) is 5.82 Å². The quantitative estimate of drug-likeness (QED) is 0.847. The second-order valence-electron chi connectivity index (χ2n) is 6.88. The molecule has 0 aromatic heterocycles. The van der Waals surface area contributed by atoms with E-state index < -0.39 is 0 Å². The van der Waals surface area contributed by atoms with Gasteiger partial charge >= 0.3 is 0 Å². The Labute approximate surface area is 153 Å². The van der Waals surface area contributed by atoms with E-state index in [9.17, 15) is 14.0 Å². The van der Waals surface area contributed by atoms with Crippen molar-refractivity contribution in [3.05, 3.63) is 70.5 Å². The Morgan fingerprint density at radius 3 is 2.38 bits per heavy atom. The summed E-state index contributed by atoms with van der Waals surface area (Å²) in [5.41, 5.74) is 3.56. The molecular formula is C21H23FN2O2. The van der Waals surface area contributed by atoms with Crippen molar-refractivity contribution in [3.8, 4) is 0 Å². The molecule has 3 rings (SSSR count). The van der Waals surface area contributed by atoms with Crippen molar-refractivity contribution in [2.45, 2.75) is 26.8 Å². The number of hydrogen-bond acceptors (Lipinski definition) is 2. The van der Waals surface area contributed by atoms with E-state index in [4.69, 9.17) is 0 Å². The first-order valence-electron chi connectivity index (χ1n) is 8.78. The predicted octanol–water partition coefficient (Wildman–Crippen LogP) is 2.86. The maximum Gasteiger partial charge on any atom is 0.242 e. The van der Waals surface area contributed by atoms with E-state index in [2.05, 4.69) is 0 Å². The number of hydrogen-bond donors (Lipinski definition) is 0. The monoisotopic (exact) mass is 354 g/mol. The largest absolute Gasteiger partial charge is 0.335 e. The van der Waals surface area contributed by atoms with E-state index in [1.54, 1.807) is 28.9 Å². The number of benzene rings is 2. The lowest BCUT2D eigenvalue weighted by Gasteiger charge is -2.34. The third-order valence-corrected chi connectivity index (χ3v) is 4.74. The Hall–Kier alpha value is -2.69. The molecule has 2 aromatic carbocycles. The highest BCUT2D eigenvalue weighted by Gasteiger charge is 2.27. The van der Waals surface area contributed by atoms with Gasteiger partial charge in [0.25, 0.3) is 0 Å². The number of halogens is 1. The minimum atomic E-state index is -0.277. The highest BCUT2D eigenvalue weighted by molar-refractivity contribution is 5.87. The van der Waals surface area contributed by atoms with Gasteiger partial charge in [-0.05, 0) is 36.6 Å². The lowest BCUT2D eigenvalue weighted by atomic mass is 10.1. The summed E-state index contributed by atoms with van der Waals surface area (Å²) in [5, 5.41) is 0. The Balaban J connectivity index is 1.57. The van der Waals surface area contributed by atoms with Gasteiger partial charge < -0.3 is 9.80 Å². The van der Waals surface area contributed by atoms with Crippen LogP contribution in [0.15, 0.2) is 42.5 Å². The SMILES string of the molecule is Cc1ccc(CN2CCN(C(=O)Cc3ccc(F)c(C)c3)CC2=O)cc1. The smallest absolute Gasteiger partial charge is 0.242 e. The van der Waals surface area contributed by atoms with Crippen molar-refractivity contribution < 1.29 is 14.0 Å². The molecule has 0 atom stereocenters. The highest BCUT2D eigenvalue weighted by atomic mass is 19.1. The first kappa shape index (κ1) is 18.1. The predicted molar refractivity (Wildman–Crippen MR) is 98.0 cm³/mol. The molecule has 2 aromatic rings. The standard InChI is InChI=1S/C21H23FN2O2/c1-15-3-5-17(6-4-15)13-23-9-10-24(14-21(23)26)20(25)12-18-7-8-19(22)16(2)11-18/h3-8,11H,9-10,12-14H2,1-2H3. The number of piperazine rings is 1. The second kappa shape index (κ2) is 7.68. The maximum absolute atomic E-state index is 13.3. The van der Waals surface area contributed by atoms with Crippen LogP contribution in [0.1, 0.15) is 22.3 Å². The number of carbonyl (C=O) groups excluding carboxylic acids is 2. The summed E-state index contributed by atoms with van der Waals surface area (Å²) < 4.78 is 13.3. The molecule has 0 radical (unpaired) electrons. The molecule has 26 heavy (non-hydrogen) atoms. The number of aryl methyl sites for hydroxylation is 2. The molecule has 0 bridgehead atoms. The van der Waals surface area contributed by atoms with E-state index in [0.717, 1.165) is 11.1 Å². The van der Waals surface area contributed by atoms with Crippen LogP contribution in [0, 0.1) is 19.7 Å². The fourth-order valence-electron chi connectivity index (χ4n) is 3.11. The summed E-state index contributed by atoms with van der Waals surface area (Å²) in [6, 6.07) is 12.8. The van der Waals surface area contributed by atoms with Crippen molar-refractivity contribution >= 4 is 11.8 Å². The fourth-order valence-corrected chi connectivity index (χ4v) is 3.11. The average molecular weight is 354 g/mol. The Bertz CT molecular complexity index is 817. The molecule has 1 saturated heterocycles. The van der Waals surface area contributed by atoms with Gasteiger partial charge in [0.15, 0.2) is 0 Å². The van der Waals surface area contributed by atoms with E-state index >= 15 is 0 Å². The minimum absolute atomic E-state index is 0.0412. The number of amides is 2. The van der Waals surface area contributed by atoms with Crippen molar-refractivity contribution in [2.75, 3.05) is 19.6 Å². The zero-order valence-corrected chi connectivity index (χ0v) is 15.2. The van der Waals surface area contributed by atoms with Crippen LogP contribution in [0.3, 0.4) is 0 Å². The summed E-state index contributed by atoms with van der Waals surface area (Å²) in [6.45, 7) is 5.43. The van der Waals surface area contributed by atoms with Gasteiger partial charge in [-0.15, -0.1) is 0 Å². The van der Waals surface area contributed by atoms with Crippen molar-refractivity contribution in [2.24, 2.45) is 0 Å². The molecule has 1 aliphatic heterocycles. The van der Waals surface area contributed by atoms with Crippen LogP contribution in [-0.4, -0.2) is 41.2 Å². The van der Waals surface area contributed by atoms with Crippen LogP contribution in [0.25, 0.3) is 0 Å². The molecule has 1 aliphatic rings. The van der Waals surface area contributed by atoms with Crippen LogP contribution in [0.5, 0.6) is 0 Å². The van der Waals surface area contributed by atoms with Crippen molar-refractivity contribution in [1.29, 1.82) is 0 Å². The van der Waals surface area contributed by atoms with Crippen LogP contribution < -0.4 is 0 Å². The van der Waals surface area contributed by atoms with E-state index in [1.165, 1.54) is 11.6 Å². The maximum atomic E-state index is 13.3. The van der Waals surface area contributed by atoms with Gasteiger partial charge in [-0.25, -0.2) is 4.39 Å². The second-order valence-corrected chi connectivity index (χ2v) is 6.88. The molecule has 0 unspecified atom stereocenters. The highest BCUT2D eigenvalue weighted by Crippen LogP contribution is 2.14. The van der Waals surface area contributed by atoms with Crippen LogP contribution in [0.2, 0.25) is 0 Å². The summed E-state index contributed by atoms with van der Waals surface area (Å²) in [4.78, 5) is 28.3. The van der Waals surface area contributed by atoms with Crippen molar-refractivity contribution in [1.82, 2.24) is 9.80 Å².